The Labute approximate surface area is 136 Å². The van der Waals surface area contributed by atoms with Gasteiger partial charge in [0.05, 0.1) is 19.3 Å². The van der Waals surface area contributed by atoms with Gasteiger partial charge in [0, 0.05) is 5.56 Å². The van der Waals surface area contributed by atoms with E-state index in [-0.39, 0.29) is 5.97 Å². The predicted octanol–water partition coefficient (Wildman–Crippen LogP) is 3.94. The zero-order valence-corrected chi connectivity index (χ0v) is 13.2. The van der Waals surface area contributed by atoms with E-state index in [0.29, 0.717) is 12.2 Å². The minimum absolute atomic E-state index is 0.314. The van der Waals surface area contributed by atoms with Crippen LogP contribution >= 0.6 is 0 Å². The first-order chi connectivity index (χ1) is 11.2. The highest BCUT2D eigenvalue weighted by atomic mass is 16.5. The van der Waals surface area contributed by atoms with Crippen molar-refractivity contribution in [1.29, 1.82) is 0 Å². The predicted molar refractivity (Wildman–Crippen MR) is 91.3 cm³/mol. The van der Waals surface area contributed by atoms with Crippen LogP contribution in [-0.4, -0.2) is 19.7 Å². The summed E-state index contributed by atoms with van der Waals surface area (Å²) in [5.74, 6) is 6.51. The normalized spacial score (nSPS) is 10.0. The molecule has 2 aromatic rings. The van der Waals surface area contributed by atoms with Gasteiger partial charge in [0.15, 0.2) is 0 Å². The number of hydrogen-bond donors (Lipinski definition) is 0. The van der Waals surface area contributed by atoms with Crippen LogP contribution in [0.15, 0.2) is 54.6 Å². The Morgan fingerprint density at radius 1 is 1.09 bits per heavy atom. The van der Waals surface area contributed by atoms with E-state index in [2.05, 4.69) is 11.8 Å². The van der Waals surface area contributed by atoms with Crippen molar-refractivity contribution >= 4 is 12.0 Å². The van der Waals surface area contributed by atoms with Crippen LogP contribution in [0.4, 0.5) is 0 Å². The van der Waals surface area contributed by atoms with Gasteiger partial charge in [-0.1, -0.05) is 24.0 Å². The van der Waals surface area contributed by atoms with Gasteiger partial charge in [-0.15, -0.1) is 0 Å². The molecule has 0 aromatic heterocycles. The molecule has 0 aliphatic heterocycles. The van der Waals surface area contributed by atoms with Crippen molar-refractivity contribution in [2.24, 2.45) is 0 Å². The monoisotopic (exact) mass is 306 g/mol. The maximum atomic E-state index is 11.5. The summed E-state index contributed by atoms with van der Waals surface area (Å²) < 4.78 is 10.0. The molecule has 0 N–H and O–H groups in total. The van der Waals surface area contributed by atoms with Gasteiger partial charge in [-0.05, 0) is 61.0 Å². The Morgan fingerprint density at radius 3 is 2.39 bits per heavy atom. The van der Waals surface area contributed by atoms with E-state index in [0.717, 1.165) is 16.9 Å². The molecule has 0 unspecified atom stereocenters. The quantitative estimate of drug-likeness (QED) is 0.634. The Kier molecular flexibility index (Phi) is 6.02. The summed E-state index contributed by atoms with van der Waals surface area (Å²) in [7, 11) is 1.64. The zero-order valence-electron chi connectivity index (χ0n) is 13.2. The first-order valence-electron chi connectivity index (χ1n) is 7.32. The second-order valence-corrected chi connectivity index (χ2v) is 4.67. The number of benzene rings is 2. The van der Waals surface area contributed by atoms with Crippen LogP contribution in [0.5, 0.6) is 5.75 Å². The Morgan fingerprint density at radius 2 is 1.78 bits per heavy atom. The Balaban J connectivity index is 1.98. The second kappa shape index (κ2) is 8.45. The summed E-state index contributed by atoms with van der Waals surface area (Å²) in [4.78, 5) is 11.5. The van der Waals surface area contributed by atoms with Crippen LogP contribution in [0, 0.1) is 11.8 Å². The topological polar surface area (TPSA) is 35.5 Å². The van der Waals surface area contributed by atoms with Crippen molar-refractivity contribution in [3.8, 4) is 17.6 Å². The van der Waals surface area contributed by atoms with E-state index in [9.17, 15) is 4.79 Å². The van der Waals surface area contributed by atoms with Crippen LogP contribution in [0.3, 0.4) is 0 Å². The van der Waals surface area contributed by atoms with Gasteiger partial charge in [-0.3, -0.25) is 0 Å². The number of allylic oxidation sites excluding steroid dienone is 1. The molecule has 2 rings (SSSR count). The Bertz CT molecular complexity index is 729. The number of carbonyl (C=O) groups is 1. The molecule has 0 bridgehead atoms. The molecular weight excluding hydrogens is 288 g/mol. The Hall–Kier alpha value is -2.99. The molecule has 3 heteroatoms. The maximum Gasteiger partial charge on any atom is 0.338 e. The first-order valence-corrected chi connectivity index (χ1v) is 7.32. The third kappa shape index (κ3) is 5.05. The lowest BCUT2D eigenvalue weighted by atomic mass is 10.1. The van der Waals surface area contributed by atoms with Gasteiger partial charge in [-0.25, -0.2) is 4.79 Å². The fourth-order valence-corrected chi connectivity index (χ4v) is 1.88. The van der Waals surface area contributed by atoms with Crippen molar-refractivity contribution in [3.63, 3.8) is 0 Å². The SMILES string of the molecule is CCOC(=O)c1ccc(C#C/C=C/c2ccc(OC)cc2)cc1. The average molecular weight is 306 g/mol. The van der Waals surface area contributed by atoms with Gasteiger partial charge < -0.3 is 9.47 Å². The fourth-order valence-electron chi connectivity index (χ4n) is 1.88. The molecule has 0 spiro atoms. The molecular formula is C20H18O3. The van der Waals surface area contributed by atoms with Crippen molar-refractivity contribution in [2.75, 3.05) is 13.7 Å². The van der Waals surface area contributed by atoms with Crippen LogP contribution in [0.1, 0.15) is 28.4 Å². The van der Waals surface area contributed by atoms with Crippen molar-refractivity contribution in [2.45, 2.75) is 6.92 Å². The summed E-state index contributed by atoms with van der Waals surface area (Å²) in [5.41, 5.74) is 2.43. The third-order valence-corrected chi connectivity index (χ3v) is 3.09. The van der Waals surface area contributed by atoms with Gasteiger partial charge in [0.25, 0.3) is 0 Å². The summed E-state index contributed by atoms with van der Waals surface area (Å²) in [6, 6.07) is 14.8. The molecule has 116 valence electrons. The van der Waals surface area contributed by atoms with E-state index in [4.69, 9.17) is 9.47 Å². The largest absolute Gasteiger partial charge is 0.497 e. The minimum Gasteiger partial charge on any atom is -0.497 e. The summed E-state index contributed by atoms with van der Waals surface area (Å²) in [6.07, 6.45) is 3.72. The fraction of sp³-hybridized carbons (Fsp3) is 0.150. The second-order valence-electron chi connectivity index (χ2n) is 4.67. The van der Waals surface area contributed by atoms with Gasteiger partial charge in [0.1, 0.15) is 5.75 Å². The molecule has 0 heterocycles. The molecule has 0 aliphatic rings. The molecule has 0 amide bonds. The lowest BCUT2D eigenvalue weighted by molar-refractivity contribution is 0.0526. The average Bonchev–Trinajstić information content (AvgIpc) is 2.60. The zero-order chi connectivity index (χ0) is 16.5. The highest BCUT2D eigenvalue weighted by Gasteiger charge is 2.04. The molecule has 2 aromatic carbocycles. The molecule has 0 aliphatic carbocycles. The van der Waals surface area contributed by atoms with Crippen molar-refractivity contribution in [3.05, 3.63) is 71.3 Å². The summed E-state index contributed by atoms with van der Waals surface area (Å²) in [6.45, 7) is 2.16. The number of esters is 1. The van der Waals surface area contributed by atoms with E-state index >= 15 is 0 Å². The number of ether oxygens (including phenoxy) is 2. The molecule has 23 heavy (non-hydrogen) atoms. The number of carbonyl (C=O) groups excluding carboxylic acids is 1. The smallest absolute Gasteiger partial charge is 0.338 e. The van der Waals surface area contributed by atoms with Crippen LogP contribution in [0.2, 0.25) is 0 Å². The minimum atomic E-state index is -0.314. The standard InChI is InChI=1S/C20H18O3/c1-3-23-20(21)18-12-8-16(9-13-18)6-4-5-7-17-10-14-19(22-2)15-11-17/h5,7-15H,3H2,1-2H3/b7-5+. The van der Waals surface area contributed by atoms with E-state index in [1.807, 2.05) is 30.3 Å². The van der Waals surface area contributed by atoms with E-state index in [1.54, 1.807) is 44.4 Å². The highest BCUT2D eigenvalue weighted by Crippen LogP contribution is 2.12. The van der Waals surface area contributed by atoms with Crippen LogP contribution in [0.25, 0.3) is 6.08 Å². The number of rotatable bonds is 4. The molecule has 3 nitrogen and oxygen atoms in total. The lowest BCUT2D eigenvalue weighted by Gasteiger charge is -2.00. The van der Waals surface area contributed by atoms with Gasteiger partial charge in [0.2, 0.25) is 0 Å². The van der Waals surface area contributed by atoms with Gasteiger partial charge in [-0.2, -0.15) is 0 Å². The summed E-state index contributed by atoms with van der Waals surface area (Å²) in [5, 5.41) is 0. The molecule has 0 saturated carbocycles. The third-order valence-electron chi connectivity index (χ3n) is 3.09. The molecule has 0 fully saturated rings. The highest BCUT2D eigenvalue weighted by molar-refractivity contribution is 5.89. The number of hydrogen-bond acceptors (Lipinski definition) is 3. The van der Waals surface area contributed by atoms with Crippen LogP contribution in [-0.2, 0) is 4.74 Å². The molecule has 0 atom stereocenters. The van der Waals surface area contributed by atoms with Gasteiger partial charge >= 0.3 is 5.97 Å². The van der Waals surface area contributed by atoms with Crippen LogP contribution < -0.4 is 4.74 Å². The van der Waals surface area contributed by atoms with E-state index < -0.39 is 0 Å². The molecule has 0 radical (unpaired) electrons. The maximum absolute atomic E-state index is 11.5. The number of methoxy groups -OCH3 is 1. The summed E-state index contributed by atoms with van der Waals surface area (Å²) >= 11 is 0. The van der Waals surface area contributed by atoms with Crippen molar-refractivity contribution < 1.29 is 14.3 Å². The first kappa shape index (κ1) is 16.4. The van der Waals surface area contributed by atoms with Crippen molar-refractivity contribution in [1.82, 2.24) is 0 Å². The molecule has 0 saturated heterocycles. The van der Waals surface area contributed by atoms with E-state index in [1.165, 1.54) is 0 Å². The lowest BCUT2D eigenvalue weighted by Crippen LogP contribution is -2.03.